The molecule has 0 saturated carbocycles. The summed E-state index contributed by atoms with van der Waals surface area (Å²) in [6, 6.07) is 9.31. The van der Waals surface area contributed by atoms with Crippen molar-refractivity contribution in [3.8, 4) is 5.75 Å². The van der Waals surface area contributed by atoms with Crippen molar-refractivity contribution >= 4 is 0 Å². The zero-order chi connectivity index (χ0) is 16.4. The number of rotatable bonds is 3. The minimum absolute atomic E-state index is 0.0510. The first-order valence-corrected chi connectivity index (χ1v) is 6.01. The topological polar surface area (TPSA) is 9.23 Å². The molecule has 117 valence electrons. The minimum Gasteiger partial charge on any atom is -0.481 e. The fourth-order valence-corrected chi connectivity index (χ4v) is 1.66. The Morgan fingerprint density at radius 3 is 1.68 bits per heavy atom. The molecule has 22 heavy (non-hydrogen) atoms. The summed E-state index contributed by atoms with van der Waals surface area (Å²) >= 11 is 0. The number of benzene rings is 2. The van der Waals surface area contributed by atoms with Crippen LogP contribution in [0, 0.1) is 6.61 Å². The van der Waals surface area contributed by atoms with Crippen LogP contribution in [0.3, 0.4) is 0 Å². The highest BCUT2D eigenvalue weighted by Gasteiger charge is 2.37. The molecule has 0 bridgehead atoms. The van der Waals surface area contributed by atoms with E-state index >= 15 is 0 Å². The van der Waals surface area contributed by atoms with Gasteiger partial charge in [-0.15, -0.1) is 0 Å². The lowest BCUT2D eigenvalue weighted by Crippen LogP contribution is -2.11. The van der Waals surface area contributed by atoms with Crippen LogP contribution in [0.5, 0.6) is 5.75 Å². The molecular formula is C15H9F6O. The maximum atomic E-state index is 12.7. The van der Waals surface area contributed by atoms with Crippen molar-refractivity contribution in [3.05, 3.63) is 71.8 Å². The third-order valence-electron chi connectivity index (χ3n) is 2.69. The molecule has 0 aliphatic carbocycles. The summed E-state index contributed by atoms with van der Waals surface area (Å²) in [5, 5.41) is 0. The third-order valence-corrected chi connectivity index (χ3v) is 2.69. The van der Waals surface area contributed by atoms with E-state index in [1.807, 2.05) is 0 Å². The van der Waals surface area contributed by atoms with Gasteiger partial charge in [-0.25, -0.2) is 0 Å². The van der Waals surface area contributed by atoms with Crippen LogP contribution in [0.2, 0.25) is 0 Å². The van der Waals surface area contributed by atoms with E-state index in [-0.39, 0.29) is 6.07 Å². The quantitative estimate of drug-likeness (QED) is 0.696. The molecule has 0 fully saturated rings. The summed E-state index contributed by atoms with van der Waals surface area (Å²) in [5.41, 5.74) is -2.33. The molecule has 2 aromatic rings. The van der Waals surface area contributed by atoms with E-state index in [0.29, 0.717) is 17.7 Å². The van der Waals surface area contributed by atoms with Crippen molar-refractivity contribution < 1.29 is 31.1 Å². The van der Waals surface area contributed by atoms with Crippen LogP contribution >= 0.6 is 0 Å². The second-order valence-electron chi connectivity index (χ2n) is 4.39. The molecule has 0 N–H and O–H groups in total. The van der Waals surface area contributed by atoms with Gasteiger partial charge in [-0.3, -0.25) is 0 Å². The normalized spacial score (nSPS) is 12.3. The maximum absolute atomic E-state index is 12.7. The summed E-state index contributed by atoms with van der Waals surface area (Å²) in [7, 11) is 0. The number of alkyl halides is 6. The Balaban J connectivity index is 2.30. The Hall–Kier alpha value is -2.18. The predicted molar refractivity (Wildman–Crippen MR) is 66.9 cm³/mol. The van der Waals surface area contributed by atoms with E-state index < -0.39 is 29.2 Å². The van der Waals surface area contributed by atoms with Crippen LogP contribution in [0.15, 0.2) is 48.5 Å². The summed E-state index contributed by atoms with van der Waals surface area (Å²) in [4.78, 5) is 0. The Morgan fingerprint density at radius 1 is 0.727 bits per heavy atom. The Bertz CT molecular complexity index is 598. The van der Waals surface area contributed by atoms with Crippen molar-refractivity contribution in [2.75, 3.05) is 0 Å². The molecule has 1 radical (unpaired) electrons. The average Bonchev–Trinajstić information content (AvgIpc) is 2.44. The molecule has 0 amide bonds. The lowest BCUT2D eigenvalue weighted by Gasteiger charge is -2.14. The van der Waals surface area contributed by atoms with Gasteiger partial charge >= 0.3 is 12.4 Å². The first kappa shape index (κ1) is 16.2. The Kier molecular flexibility index (Phi) is 4.35. The minimum atomic E-state index is -4.90. The third kappa shape index (κ3) is 4.16. The largest absolute Gasteiger partial charge is 0.481 e. The van der Waals surface area contributed by atoms with E-state index in [4.69, 9.17) is 4.74 Å². The molecule has 0 aliphatic rings. The van der Waals surface area contributed by atoms with E-state index in [2.05, 4.69) is 0 Å². The van der Waals surface area contributed by atoms with Crippen LogP contribution in [0.4, 0.5) is 26.3 Å². The molecule has 7 heteroatoms. The van der Waals surface area contributed by atoms with Crippen molar-refractivity contribution in [1.29, 1.82) is 0 Å². The lowest BCUT2D eigenvalue weighted by molar-refractivity contribution is -0.143. The molecule has 0 spiro atoms. The smallest absolute Gasteiger partial charge is 0.416 e. The van der Waals surface area contributed by atoms with Gasteiger partial charge in [0, 0.05) is 0 Å². The number of hydrogen-bond acceptors (Lipinski definition) is 1. The first-order chi connectivity index (χ1) is 10.2. The van der Waals surface area contributed by atoms with Crippen LogP contribution in [0.25, 0.3) is 0 Å². The van der Waals surface area contributed by atoms with Crippen molar-refractivity contribution in [3.63, 3.8) is 0 Å². The van der Waals surface area contributed by atoms with Gasteiger partial charge in [0.05, 0.1) is 11.1 Å². The predicted octanol–water partition coefficient (Wildman–Crippen LogP) is 5.31. The summed E-state index contributed by atoms with van der Waals surface area (Å²) in [5.74, 6) is -0.536. The Labute approximate surface area is 122 Å². The SMILES string of the molecule is FC(F)(F)c1cc(O[CH]c2ccccc2)cc(C(F)(F)F)c1. The van der Waals surface area contributed by atoms with Gasteiger partial charge in [0.2, 0.25) is 0 Å². The zero-order valence-electron chi connectivity index (χ0n) is 10.9. The molecule has 0 heterocycles. The number of halogens is 6. The molecule has 1 nitrogen and oxygen atoms in total. The fraction of sp³-hybridized carbons (Fsp3) is 0.133. The second-order valence-corrected chi connectivity index (χ2v) is 4.39. The Morgan fingerprint density at radius 2 is 1.23 bits per heavy atom. The van der Waals surface area contributed by atoms with Gasteiger partial charge in [0.1, 0.15) is 5.75 Å². The van der Waals surface area contributed by atoms with Gasteiger partial charge in [-0.1, -0.05) is 30.3 Å². The highest BCUT2D eigenvalue weighted by Crippen LogP contribution is 2.38. The summed E-state index contributed by atoms with van der Waals surface area (Å²) < 4.78 is 80.9. The van der Waals surface area contributed by atoms with E-state index in [1.54, 1.807) is 30.3 Å². The maximum Gasteiger partial charge on any atom is 0.416 e. The van der Waals surface area contributed by atoms with Gasteiger partial charge in [-0.2, -0.15) is 26.3 Å². The highest BCUT2D eigenvalue weighted by atomic mass is 19.4. The van der Waals surface area contributed by atoms with Crippen molar-refractivity contribution in [2.45, 2.75) is 12.4 Å². The molecule has 2 rings (SSSR count). The van der Waals surface area contributed by atoms with Gasteiger partial charge in [-0.05, 0) is 23.8 Å². The van der Waals surface area contributed by atoms with E-state index in [1.165, 1.54) is 0 Å². The van der Waals surface area contributed by atoms with E-state index in [9.17, 15) is 26.3 Å². The van der Waals surface area contributed by atoms with Gasteiger partial charge in [0.25, 0.3) is 0 Å². The standard InChI is InChI=1S/C15H9F6O/c16-14(17,18)11-6-12(15(19,20)21)8-13(7-11)22-9-10-4-2-1-3-5-10/h1-9H. The molecule has 2 aromatic carbocycles. The monoisotopic (exact) mass is 319 g/mol. The van der Waals surface area contributed by atoms with Crippen LogP contribution < -0.4 is 4.74 Å². The van der Waals surface area contributed by atoms with Gasteiger partial charge < -0.3 is 4.74 Å². The number of ether oxygens (including phenoxy) is 1. The molecule has 0 atom stereocenters. The van der Waals surface area contributed by atoms with Crippen LogP contribution in [-0.2, 0) is 12.4 Å². The summed E-state index contributed by atoms with van der Waals surface area (Å²) in [6.07, 6.45) is -9.79. The van der Waals surface area contributed by atoms with Crippen LogP contribution in [0.1, 0.15) is 16.7 Å². The average molecular weight is 319 g/mol. The molecular weight excluding hydrogens is 310 g/mol. The zero-order valence-corrected chi connectivity index (χ0v) is 10.9. The number of hydrogen-bond donors (Lipinski definition) is 0. The second kappa shape index (κ2) is 5.90. The molecule has 0 aliphatic heterocycles. The van der Waals surface area contributed by atoms with Gasteiger partial charge in [0.15, 0.2) is 6.61 Å². The molecule has 0 unspecified atom stereocenters. The fourth-order valence-electron chi connectivity index (χ4n) is 1.66. The molecule has 0 saturated heterocycles. The highest BCUT2D eigenvalue weighted by molar-refractivity contribution is 5.38. The van der Waals surface area contributed by atoms with Crippen LogP contribution in [-0.4, -0.2) is 0 Å². The first-order valence-electron chi connectivity index (χ1n) is 6.01. The lowest BCUT2D eigenvalue weighted by atomic mass is 10.1. The van der Waals surface area contributed by atoms with E-state index in [0.717, 1.165) is 6.61 Å². The molecule has 0 aromatic heterocycles. The summed E-state index contributed by atoms with van der Waals surface area (Å²) in [6.45, 7) is 1.08. The van der Waals surface area contributed by atoms with Crippen molar-refractivity contribution in [1.82, 2.24) is 0 Å². The van der Waals surface area contributed by atoms with Crippen molar-refractivity contribution in [2.24, 2.45) is 0 Å².